The number of hydrogen-bond donors (Lipinski definition) is 2. The van der Waals surface area contributed by atoms with Gasteiger partial charge in [-0.15, -0.1) is 0 Å². The molecule has 0 spiro atoms. The molecule has 2 N–H and O–H groups in total. The maximum Gasteiger partial charge on any atom is 0.280 e. The number of amides is 1. The lowest BCUT2D eigenvalue weighted by atomic mass is 10.0. The van der Waals surface area contributed by atoms with Gasteiger partial charge in [0.1, 0.15) is 11.5 Å². The molecular formula is C26H21ClF2N6O2S. The molecule has 12 heteroatoms. The summed E-state index contributed by atoms with van der Waals surface area (Å²) in [5.74, 6) is 6.28. The monoisotopic (exact) mass is 554 g/mol. The fourth-order valence-corrected chi connectivity index (χ4v) is 4.73. The quantitative estimate of drug-likeness (QED) is 0.458. The average molecular weight is 555 g/mol. The molecule has 0 bridgehead atoms. The summed E-state index contributed by atoms with van der Waals surface area (Å²) in [6.07, 6.45) is 3.33. The molecule has 2 aliphatic rings. The van der Waals surface area contributed by atoms with Crippen molar-refractivity contribution in [2.24, 2.45) is 11.0 Å². The molecule has 1 unspecified atom stereocenters. The molecule has 3 aromatic rings. The molecule has 194 valence electrons. The second-order valence-electron chi connectivity index (χ2n) is 8.91. The molecule has 0 aromatic carbocycles. The van der Waals surface area contributed by atoms with E-state index in [0.717, 1.165) is 30.7 Å². The van der Waals surface area contributed by atoms with Crippen LogP contribution in [0.25, 0.3) is 16.9 Å². The number of alkyl halides is 2. The van der Waals surface area contributed by atoms with Gasteiger partial charge in [-0.2, -0.15) is 5.10 Å². The number of rotatable bonds is 4. The molecule has 0 radical (unpaired) electrons. The molecule has 1 amide bonds. The highest BCUT2D eigenvalue weighted by Gasteiger charge is 2.25. The average Bonchev–Trinajstić information content (AvgIpc) is 3.62. The Bertz CT molecular complexity index is 1590. The van der Waals surface area contributed by atoms with Gasteiger partial charge in [-0.3, -0.25) is 29.9 Å². The van der Waals surface area contributed by atoms with Crippen LogP contribution >= 0.6 is 23.4 Å². The summed E-state index contributed by atoms with van der Waals surface area (Å²) in [5.41, 5.74) is 3.78. The molecule has 1 aliphatic carbocycles. The minimum absolute atomic E-state index is 0.0512. The number of aryl methyl sites for hydroxylation is 2. The first-order valence-corrected chi connectivity index (χ1v) is 12.9. The van der Waals surface area contributed by atoms with E-state index in [1.165, 1.54) is 28.6 Å². The van der Waals surface area contributed by atoms with Crippen molar-refractivity contribution in [3.05, 3.63) is 74.6 Å². The molecule has 1 saturated carbocycles. The van der Waals surface area contributed by atoms with E-state index in [-0.39, 0.29) is 38.5 Å². The van der Waals surface area contributed by atoms with Crippen molar-refractivity contribution < 1.29 is 13.6 Å². The van der Waals surface area contributed by atoms with Crippen LogP contribution in [0.15, 0.2) is 46.7 Å². The molecule has 5 rings (SSSR count). The van der Waals surface area contributed by atoms with Crippen LogP contribution in [0.2, 0.25) is 5.02 Å². The number of nitrogens with zero attached hydrogens (tertiary/aromatic N) is 4. The third-order valence-electron chi connectivity index (χ3n) is 5.83. The SMILES string of the molecule is Cc1cc(C)c(=O)n(-c2cc(-c3cc(C(F)F)ncc3Cl)c(C(=O)NC3=NNC(C#CC4CC4)S3)cn2)c1. The number of hydrogen-bond acceptors (Lipinski definition) is 7. The van der Waals surface area contributed by atoms with E-state index in [1.807, 2.05) is 6.92 Å². The third-order valence-corrected chi connectivity index (χ3v) is 7.01. The molecule has 3 aromatic heterocycles. The van der Waals surface area contributed by atoms with Crippen LogP contribution in [0.4, 0.5) is 8.78 Å². The van der Waals surface area contributed by atoms with Crippen LogP contribution in [0.5, 0.6) is 0 Å². The number of thioether (sulfide) groups is 1. The zero-order valence-corrected chi connectivity index (χ0v) is 21.8. The lowest BCUT2D eigenvalue weighted by molar-refractivity contribution is 0.0978. The number of halogens is 3. The van der Waals surface area contributed by atoms with Crippen LogP contribution < -0.4 is 16.3 Å². The summed E-state index contributed by atoms with van der Waals surface area (Å²) < 4.78 is 28.3. The van der Waals surface area contributed by atoms with Crippen LogP contribution in [0, 0.1) is 31.6 Å². The Morgan fingerprint density at radius 2 is 1.97 bits per heavy atom. The van der Waals surface area contributed by atoms with Crippen molar-refractivity contribution in [1.29, 1.82) is 0 Å². The van der Waals surface area contributed by atoms with E-state index in [9.17, 15) is 18.4 Å². The molecule has 0 saturated heterocycles. The fourth-order valence-electron chi connectivity index (χ4n) is 3.81. The van der Waals surface area contributed by atoms with Gasteiger partial charge in [0, 0.05) is 41.2 Å². The molecule has 38 heavy (non-hydrogen) atoms. The summed E-state index contributed by atoms with van der Waals surface area (Å²) >= 11 is 7.62. The number of aromatic nitrogens is 3. The van der Waals surface area contributed by atoms with Gasteiger partial charge in [0.2, 0.25) is 0 Å². The van der Waals surface area contributed by atoms with Crippen LogP contribution in [0.1, 0.15) is 46.4 Å². The van der Waals surface area contributed by atoms with Gasteiger partial charge in [0.25, 0.3) is 17.9 Å². The van der Waals surface area contributed by atoms with Crippen LogP contribution in [0.3, 0.4) is 0 Å². The molecule has 4 heterocycles. The predicted molar refractivity (Wildman–Crippen MR) is 142 cm³/mol. The molecule has 8 nitrogen and oxygen atoms in total. The second-order valence-corrected chi connectivity index (χ2v) is 10.4. The lowest BCUT2D eigenvalue weighted by Gasteiger charge is -2.15. The van der Waals surface area contributed by atoms with Crippen molar-refractivity contribution in [3.8, 4) is 28.8 Å². The minimum atomic E-state index is -2.85. The summed E-state index contributed by atoms with van der Waals surface area (Å²) in [5, 5.41) is 6.91. The number of carbonyl (C=O) groups excluding carboxylic acids is 1. The first-order chi connectivity index (χ1) is 18.2. The van der Waals surface area contributed by atoms with Gasteiger partial charge >= 0.3 is 0 Å². The summed E-state index contributed by atoms with van der Waals surface area (Å²) in [6.45, 7) is 3.51. The number of carbonyl (C=O) groups is 1. The molecular weight excluding hydrogens is 534 g/mol. The summed E-state index contributed by atoms with van der Waals surface area (Å²) in [7, 11) is 0. The Balaban J connectivity index is 1.54. The number of pyridine rings is 3. The highest BCUT2D eigenvalue weighted by Crippen LogP contribution is 2.34. The summed E-state index contributed by atoms with van der Waals surface area (Å²) in [6, 6.07) is 4.34. The highest BCUT2D eigenvalue weighted by atomic mass is 35.5. The van der Waals surface area contributed by atoms with Gasteiger partial charge in [0.15, 0.2) is 10.5 Å². The zero-order chi connectivity index (χ0) is 27.0. The Morgan fingerprint density at radius 3 is 2.71 bits per heavy atom. The molecule has 1 fully saturated rings. The Labute approximate surface area is 225 Å². The third kappa shape index (κ3) is 5.56. The van der Waals surface area contributed by atoms with Crippen LogP contribution in [-0.2, 0) is 0 Å². The van der Waals surface area contributed by atoms with Crippen molar-refractivity contribution in [3.63, 3.8) is 0 Å². The van der Waals surface area contributed by atoms with Crippen molar-refractivity contribution >= 4 is 34.4 Å². The van der Waals surface area contributed by atoms with E-state index in [1.54, 1.807) is 19.2 Å². The second kappa shape index (κ2) is 10.6. The van der Waals surface area contributed by atoms with Gasteiger partial charge in [0.05, 0.1) is 10.6 Å². The number of nitrogens with one attached hydrogen (secondary N) is 2. The van der Waals surface area contributed by atoms with E-state index in [0.29, 0.717) is 16.6 Å². The predicted octanol–water partition coefficient (Wildman–Crippen LogP) is 4.58. The topological polar surface area (TPSA) is 101 Å². The maximum absolute atomic E-state index is 13.5. The number of amidine groups is 1. The Hall–Kier alpha value is -3.75. The van der Waals surface area contributed by atoms with Crippen molar-refractivity contribution in [1.82, 2.24) is 25.3 Å². The van der Waals surface area contributed by atoms with E-state index in [2.05, 4.69) is 37.7 Å². The van der Waals surface area contributed by atoms with Gasteiger partial charge in [-0.25, -0.2) is 13.8 Å². The maximum atomic E-state index is 13.5. The minimum Gasteiger partial charge on any atom is -0.299 e. The standard InChI is InChI=1S/C26H21ClF2N6O2S/c1-13-7-14(2)25(37)35(12-13)21-9-16(17-8-20(23(28)29)30-11-19(17)27)18(10-31-21)24(36)32-26-34-33-22(38-26)6-5-15-3-4-15/h7-12,15,22-23,33H,3-4H2,1-2H3,(H,32,34,36). The van der Waals surface area contributed by atoms with E-state index < -0.39 is 18.0 Å². The molecule has 1 atom stereocenters. The normalized spacial score (nSPS) is 16.5. The van der Waals surface area contributed by atoms with Gasteiger partial charge in [-0.1, -0.05) is 23.4 Å². The highest BCUT2D eigenvalue weighted by molar-refractivity contribution is 8.14. The first kappa shape index (κ1) is 25.9. The van der Waals surface area contributed by atoms with Crippen molar-refractivity contribution in [2.45, 2.75) is 38.5 Å². The zero-order valence-electron chi connectivity index (χ0n) is 20.3. The van der Waals surface area contributed by atoms with Gasteiger partial charge in [-0.05, 0) is 62.2 Å². The lowest BCUT2D eigenvalue weighted by Crippen LogP contribution is -2.28. The smallest absolute Gasteiger partial charge is 0.280 e. The van der Waals surface area contributed by atoms with Crippen molar-refractivity contribution in [2.75, 3.05) is 0 Å². The van der Waals surface area contributed by atoms with Crippen LogP contribution in [-0.4, -0.2) is 31.0 Å². The summed E-state index contributed by atoms with van der Waals surface area (Å²) in [4.78, 5) is 34.2. The Kier molecular flexibility index (Phi) is 7.19. The van der Waals surface area contributed by atoms with E-state index in [4.69, 9.17) is 11.6 Å². The first-order valence-electron chi connectivity index (χ1n) is 11.7. The fraction of sp³-hybridized carbons (Fsp3) is 0.269. The largest absolute Gasteiger partial charge is 0.299 e. The number of hydrazone groups is 1. The Morgan fingerprint density at radius 1 is 1.18 bits per heavy atom. The molecule has 1 aliphatic heterocycles. The van der Waals surface area contributed by atoms with E-state index >= 15 is 0 Å². The van der Waals surface area contributed by atoms with Gasteiger partial charge < -0.3 is 0 Å².